The minimum Gasteiger partial charge on any atom is -0.328 e. The van der Waals surface area contributed by atoms with Crippen LogP contribution in [0.4, 0.5) is 0 Å². The van der Waals surface area contributed by atoms with Crippen LogP contribution in [0.15, 0.2) is 24.3 Å². The molecule has 0 radical (unpaired) electrons. The summed E-state index contributed by atoms with van der Waals surface area (Å²) in [5.74, 6) is 0.726. The highest BCUT2D eigenvalue weighted by Gasteiger charge is 2.30. The third-order valence-corrected chi connectivity index (χ3v) is 4.77. The van der Waals surface area contributed by atoms with Crippen molar-refractivity contribution in [2.75, 3.05) is 13.1 Å². The van der Waals surface area contributed by atoms with E-state index in [1.807, 2.05) is 0 Å². The van der Waals surface area contributed by atoms with Crippen molar-refractivity contribution in [1.82, 2.24) is 4.90 Å². The molecule has 1 aromatic rings. The minimum absolute atomic E-state index is 0.430. The fraction of sp³-hybridized carbons (Fsp3) is 0.625. The van der Waals surface area contributed by atoms with Crippen LogP contribution >= 0.6 is 0 Å². The smallest absolute Gasteiger partial charge is 0.0351 e. The molecule has 1 fully saturated rings. The Bertz CT molecular complexity index is 407. The van der Waals surface area contributed by atoms with Gasteiger partial charge in [-0.15, -0.1) is 0 Å². The summed E-state index contributed by atoms with van der Waals surface area (Å²) >= 11 is 0. The number of likely N-dealkylation sites (tertiary alicyclic amines) is 1. The normalized spacial score (nSPS) is 30.1. The average Bonchev–Trinajstić information content (AvgIpc) is 2.41. The van der Waals surface area contributed by atoms with Gasteiger partial charge in [0.1, 0.15) is 0 Å². The first kappa shape index (κ1) is 12.2. The Morgan fingerprint density at radius 2 is 1.67 bits per heavy atom. The summed E-state index contributed by atoms with van der Waals surface area (Å²) in [6.45, 7) is 4.71. The second kappa shape index (κ2) is 5.02. The van der Waals surface area contributed by atoms with Crippen molar-refractivity contribution in [3.63, 3.8) is 0 Å². The van der Waals surface area contributed by atoms with Gasteiger partial charge in [-0.1, -0.05) is 31.2 Å². The van der Waals surface area contributed by atoms with Crippen molar-refractivity contribution in [1.29, 1.82) is 0 Å². The zero-order chi connectivity index (χ0) is 12.5. The van der Waals surface area contributed by atoms with Crippen molar-refractivity contribution in [3.8, 4) is 0 Å². The first-order chi connectivity index (χ1) is 8.75. The maximum atomic E-state index is 6.02. The highest BCUT2D eigenvalue weighted by atomic mass is 15.2. The second-order valence-corrected chi connectivity index (χ2v) is 6.00. The van der Waals surface area contributed by atoms with E-state index in [2.05, 4.69) is 36.1 Å². The van der Waals surface area contributed by atoms with E-state index in [0.717, 1.165) is 18.8 Å². The third kappa shape index (κ3) is 2.19. The number of rotatable bonds is 1. The summed E-state index contributed by atoms with van der Waals surface area (Å²) in [5.41, 5.74) is 9.16. The number of nitrogens with two attached hydrogens (primary N) is 1. The maximum absolute atomic E-state index is 6.02. The van der Waals surface area contributed by atoms with Gasteiger partial charge in [0.25, 0.3) is 0 Å². The highest BCUT2D eigenvalue weighted by molar-refractivity contribution is 5.35. The maximum Gasteiger partial charge on any atom is 0.0351 e. The lowest BCUT2D eigenvalue weighted by Gasteiger charge is -2.41. The van der Waals surface area contributed by atoms with Gasteiger partial charge in [-0.25, -0.2) is 0 Å². The van der Waals surface area contributed by atoms with E-state index in [1.54, 1.807) is 11.1 Å². The van der Waals surface area contributed by atoms with Crippen molar-refractivity contribution in [3.05, 3.63) is 35.4 Å². The van der Waals surface area contributed by atoms with E-state index in [1.165, 1.54) is 25.9 Å². The van der Waals surface area contributed by atoms with Crippen LogP contribution in [0.2, 0.25) is 0 Å². The summed E-state index contributed by atoms with van der Waals surface area (Å²) < 4.78 is 0. The standard InChI is InChI=1S/C16H24N2/c1-12-6-7-16(15-5-3-2-4-14(12)15)18-10-8-13(17)9-11-18/h2-5,12-13,16H,6-11,17H2,1H3. The van der Waals surface area contributed by atoms with Gasteiger partial charge in [-0.2, -0.15) is 0 Å². The van der Waals surface area contributed by atoms with Crippen molar-refractivity contribution in [2.45, 2.75) is 50.6 Å². The van der Waals surface area contributed by atoms with Crippen molar-refractivity contribution >= 4 is 0 Å². The van der Waals surface area contributed by atoms with Gasteiger partial charge in [0.05, 0.1) is 0 Å². The molecule has 2 aliphatic rings. The lowest BCUT2D eigenvalue weighted by atomic mass is 9.80. The predicted octanol–water partition coefficient (Wildman–Crippen LogP) is 3.05. The molecule has 0 bridgehead atoms. The van der Waals surface area contributed by atoms with Gasteiger partial charge in [0.15, 0.2) is 0 Å². The largest absolute Gasteiger partial charge is 0.328 e. The molecular weight excluding hydrogens is 220 g/mol. The number of hydrogen-bond donors (Lipinski definition) is 1. The van der Waals surface area contributed by atoms with Gasteiger partial charge in [0, 0.05) is 25.2 Å². The molecule has 18 heavy (non-hydrogen) atoms. The average molecular weight is 244 g/mol. The molecule has 2 heteroatoms. The molecular formula is C16H24N2. The molecule has 0 saturated carbocycles. The Morgan fingerprint density at radius 3 is 2.39 bits per heavy atom. The summed E-state index contributed by atoms with van der Waals surface area (Å²) in [6, 6.07) is 10.1. The summed E-state index contributed by atoms with van der Waals surface area (Å²) in [7, 11) is 0. The van der Waals surface area contributed by atoms with E-state index in [-0.39, 0.29) is 0 Å². The van der Waals surface area contributed by atoms with E-state index >= 15 is 0 Å². The Kier molecular flexibility index (Phi) is 3.40. The Balaban J connectivity index is 1.84. The number of benzene rings is 1. The van der Waals surface area contributed by atoms with Crippen LogP contribution in [0.3, 0.4) is 0 Å². The summed E-state index contributed by atoms with van der Waals surface area (Å²) in [6.07, 6.45) is 4.96. The molecule has 98 valence electrons. The van der Waals surface area contributed by atoms with Gasteiger partial charge >= 0.3 is 0 Å². The Labute approximate surface area is 110 Å². The lowest BCUT2D eigenvalue weighted by molar-refractivity contribution is 0.136. The molecule has 1 aliphatic heterocycles. The first-order valence-corrected chi connectivity index (χ1v) is 7.34. The quantitative estimate of drug-likeness (QED) is 0.822. The monoisotopic (exact) mass is 244 g/mol. The van der Waals surface area contributed by atoms with Crippen LogP contribution in [-0.4, -0.2) is 24.0 Å². The minimum atomic E-state index is 0.430. The fourth-order valence-electron chi connectivity index (χ4n) is 3.59. The van der Waals surface area contributed by atoms with Crippen LogP contribution in [0.1, 0.15) is 55.7 Å². The molecule has 0 amide bonds. The van der Waals surface area contributed by atoms with E-state index < -0.39 is 0 Å². The molecule has 0 aromatic heterocycles. The molecule has 2 atom stereocenters. The Hall–Kier alpha value is -0.860. The number of piperidine rings is 1. The number of fused-ring (bicyclic) bond motifs is 1. The van der Waals surface area contributed by atoms with E-state index in [9.17, 15) is 0 Å². The molecule has 0 spiro atoms. The molecule has 1 heterocycles. The van der Waals surface area contributed by atoms with Crippen LogP contribution < -0.4 is 5.73 Å². The fourth-order valence-corrected chi connectivity index (χ4v) is 3.59. The van der Waals surface area contributed by atoms with Crippen LogP contribution in [-0.2, 0) is 0 Å². The molecule has 2 N–H and O–H groups in total. The van der Waals surface area contributed by atoms with E-state index in [0.29, 0.717) is 12.1 Å². The van der Waals surface area contributed by atoms with Crippen molar-refractivity contribution < 1.29 is 0 Å². The van der Waals surface area contributed by atoms with Crippen molar-refractivity contribution in [2.24, 2.45) is 5.73 Å². The Morgan fingerprint density at radius 1 is 1.00 bits per heavy atom. The SMILES string of the molecule is CC1CCC(N2CCC(N)CC2)c2ccccc21. The second-order valence-electron chi connectivity index (χ2n) is 6.00. The molecule has 2 nitrogen and oxygen atoms in total. The number of hydrogen-bond acceptors (Lipinski definition) is 2. The molecule has 2 unspecified atom stereocenters. The zero-order valence-electron chi connectivity index (χ0n) is 11.3. The number of nitrogens with zero attached hydrogens (tertiary/aromatic N) is 1. The van der Waals surface area contributed by atoms with Crippen LogP contribution in [0.25, 0.3) is 0 Å². The van der Waals surface area contributed by atoms with Gasteiger partial charge in [-0.3, -0.25) is 4.90 Å². The predicted molar refractivity (Wildman–Crippen MR) is 75.6 cm³/mol. The van der Waals surface area contributed by atoms with Crippen LogP contribution in [0, 0.1) is 0 Å². The topological polar surface area (TPSA) is 29.3 Å². The molecule has 1 aliphatic carbocycles. The molecule has 3 rings (SSSR count). The lowest BCUT2D eigenvalue weighted by Crippen LogP contribution is -2.42. The highest BCUT2D eigenvalue weighted by Crippen LogP contribution is 2.40. The molecule has 1 aromatic carbocycles. The summed E-state index contributed by atoms with van der Waals surface area (Å²) in [5, 5.41) is 0. The summed E-state index contributed by atoms with van der Waals surface area (Å²) in [4.78, 5) is 2.66. The van der Waals surface area contributed by atoms with E-state index in [4.69, 9.17) is 5.73 Å². The zero-order valence-corrected chi connectivity index (χ0v) is 11.3. The molecule has 1 saturated heterocycles. The first-order valence-electron chi connectivity index (χ1n) is 7.34. The van der Waals surface area contributed by atoms with Gasteiger partial charge in [0.2, 0.25) is 0 Å². The van der Waals surface area contributed by atoms with Crippen LogP contribution in [0.5, 0.6) is 0 Å². The third-order valence-electron chi connectivity index (χ3n) is 4.77. The van der Waals surface area contributed by atoms with Gasteiger partial charge < -0.3 is 5.73 Å². The van der Waals surface area contributed by atoms with Gasteiger partial charge in [-0.05, 0) is 42.7 Å².